The number of halogens is 2. The van der Waals surface area contributed by atoms with Crippen LogP contribution in [-0.2, 0) is 11.3 Å². The van der Waals surface area contributed by atoms with Crippen LogP contribution in [0.25, 0.3) is 0 Å². The Labute approximate surface area is 169 Å². The molecule has 0 saturated heterocycles. The van der Waals surface area contributed by atoms with Gasteiger partial charge in [-0.05, 0) is 42.3 Å². The van der Waals surface area contributed by atoms with Gasteiger partial charge in [0.25, 0.3) is 5.91 Å². The summed E-state index contributed by atoms with van der Waals surface area (Å²) in [7, 11) is 3.10. The summed E-state index contributed by atoms with van der Waals surface area (Å²) in [5.41, 5.74) is 0.656. The highest BCUT2D eigenvalue weighted by Crippen LogP contribution is 2.21. The minimum atomic E-state index is -0.759. The number of rotatable bonds is 7. The van der Waals surface area contributed by atoms with Gasteiger partial charge in [-0.15, -0.1) is 0 Å². The quantitative estimate of drug-likeness (QED) is 0.758. The molecule has 1 atom stereocenters. The van der Waals surface area contributed by atoms with Crippen LogP contribution < -0.4 is 10.1 Å². The average Bonchev–Trinajstić information content (AvgIpc) is 2.68. The summed E-state index contributed by atoms with van der Waals surface area (Å²) >= 11 is 6.05. The van der Waals surface area contributed by atoms with Gasteiger partial charge in [0, 0.05) is 29.7 Å². The van der Waals surface area contributed by atoms with Crippen molar-refractivity contribution < 1.29 is 18.7 Å². The fourth-order valence-corrected chi connectivity index (χ4v) is 2.94. The first-order valence-corrected chi connectivity index (χ1v) is 9.25. The number of amides is 2. The summed E-state index contributed by atoms with van der Waals surface area (Å²) < 4.78 is 19.1. The summed E-state index contributed by atoms with van der Waals surface area (Å²) in [6, 6.07) is 10.2. The molecule has 0 radical (unpaired) electrons. The maximum absolute atomic E-state index is 14.0. The van der Waals surface area contributed by atoms with Crippen LogP contribution in [0.3, 0.4) is 0 Å². The Balaban J connectivity index is 2.13. The van der Waals surface area contributed by atoms with Gasteiger partial charge >= 0.3 is 0 Å². The minimum absolute atomic E-state index is 0.00592. The number of hydrogen-bond donors (Lipinski definition) is 1. The Morgan fingerprint density at radius 1 is 1.18 bits per heavy atom. The van der Waals surface area contributed by atoms with Crippen molar-refractivity contribution in [3.05, 3.63) is 64.4 Å². The van der Waals surface area contributed by atoms with Gasteiger partial charge in [0.05, 0.1) is 7.11 Å². The lowest BCUT2D eigenvalue weighted by atomic mass is 10.0. The summed E-state index contributed by atoms with van der Waals surface area (Å²) in [5.74, 6) is -0.693. The van der Waals surface area contributed by atoms with E-state index in [9.17, 15) is 14.0 Å². The number of benzene rings is 2. The third-order valence-corrected chi connectivity index (χ3v) is 4.76. The summed E-state index contributed by atoms with van der Waals surface area (Å²) in [4.78, 5) is 26.8. The molecule has 0 heterocycles. The number of methoxy groups -OCH3 is 1. The zero-order valence-corrected chi connectivity index (χ0v) is 17.1. The van der Waals surface area contributed by atoms with E-state index in [0.29, 0.717) is 11.3 Å². The van der Waals surface area contributed by atoms with E-state index < -0.39 is 11.9 Å². The molecule has 0 bridgehead atoms. The number of nitrogens with one attached hydrogen (secondary N) is 1. The normalized spacial score (nSPS) is 11.8. The van der Waals surface area contributed by atoms with E-state index in [0.717, 1.165) is 0 Å². The van der Waals surface area contributed by atoms with Crippen molar-refractivity contribution in [1.82, 2.24) is 10.2 Å². The van der Waals surface area contributed by atoms with Crippen molar-refractivity contribution in [2.24, 2.45) is 5.92 Å². The molecule has 1 unspecified atom stereocenters. The third-order valence-electron chi connectivity index (χ3n) is 4.40. The monoisotopic (exact) mass is 406 g/mol. The second-order valence-electron chi connectivity index (χ2n) is 6.82. The summed E-state index contributed by atoms with van der Waals surface area (Å²) in [6.07, 6.45) is 0. The van der Waals surface area contributed by atoms with Gasteiger partial charge in [-0.3, -0.25) is 9.59 Å². The van der Waals surface area contributed by atoms with Crippen molar-refractivity contribution in [3.8, 4) is 5.75 Å². The van der Waals surface area contributed by atoms with E-state index in [1.165, 1.54) is 17.0 Å². The lowest BCUT2D eigenvalue weighted by molar-refractivity contribution is -0.133. The van der Waals surface area contributed by atoms with Crippen LogP contribution in [-0.4, -0.2) is 36.9 Å². The minimum Gasteiger partial charge on any atom is -0.497 e. The zero-order valence-electron chi connectivity index (χ0n) is 16.3. The van der Waals surface area contributed by atoms with Gasteiger partial charge < -0.3 is 15.0 Å². The topological polar surface area (TPSA) is 58.6 Å². The number of hydrogen-bond acceptors (Lipinski definition) is 3. The van der Waals surface area contributed by atoms with Gasteiger partial charge in [-0.2, -0.15) is 0 Å². The molecular weight excluding hydrogens is 383 g/mol. The van der Waals surface area contributed by atoms with Gasteiger partial charge in [0.1, 0.15) is 17.6 Å². The third kappa shape index (κ3) is 5.23. The van der Waals surface area contributed by atoms with E-state index in [2.05, 4.69) is 5.32 Å². The molecule has 0 aliphatic carbocycles. The molecule has 2 aromatic rings. The fourth-order valence-electron chi connectivity index (χ4n) is 2.72. The van der Waals surface area contributed by atoms with Gasteiger partial charge in [0.15, 0.2) is 0 Å². The Morgan fingerprint density at radius 2 is 1.82 bits per heavy atom. The predicted molar refractivity (Wildman–Crippen MR) is 107 cm³/mol. The Kier molecular flexibility index (Phi) is 7.40. The fraction of sp³-hybridized carbons (Fsp3) is 0.333. The molecule has 0 saturated carbocycles. The first-order valence-electron chi connectivity index (χ1n) is 8.87. The maximum Gasteiger partial charge on any atom is 0.251 e. The van der Waals surface area contributed by atoms with Gasteiger partial charge in [-0.25, -0.2) is 4.39 Å². The number of nitrogens with zero attached hydrogens (tertiary/aromatic N) is 1. The van der Waals surface area contributed by atoms with Crippen LogP contribution in [0, 0.1) is 11.7 Å². The standard InChI is InChI=1S/C21H24ClFN2O3/c1-13(2)19(24-20(26)14-8-10-15(28-4)11-9-14)21(27)25(3)12-16-17(22)6-5-7-18(16)23/h5-11,13,19H,12H2,1-4H3,(H,24,26). The number of ether oxygens (including phenoxy) is 1. The van der Waals surface area contributed by atoms with Gasteiger partial charge in [-0.1, -0.05) is 31.5 Å². The van der Waals surface area contributed by atoms with E-state index in [4.69, 9.17) is 16.3 Å². The lowest BCUT2D eigenvalue weighted by Gasteiger charge is -2.27. The van der Waals surface area contributed by atoms with E-state index >= 15 is 0 Å². The molecule has 2 rings (SSSR count). The highest BCUT2D eigenvalue weighted by molar-refractivity contribution is 6.31. The lowest BCUT2D eigenvalue weighted by Crippen LogP contribution is -2.50. The van der Waals surface area contributed by atoms with Crippen molar-refractivity contribution in [2.45, 2.75) is 26.4 Å². The Hall–Kier alpha value is -2.60. The van der Waals surface area contributed by atoms with Crippen LogP contribution in [0.4, 0.5) is 4.39 Å². The molecule has 28 heavy (non-hydrogen) atoms. The van der Waals surface area contributed by atoms with Crippen LogP contribution in [0.1, 0.15) is 29.8 Å². The van der Waals surface area contributed by atoms with Crippen molar-refractivity contribution in [2.75, 3.05) is 14.2 Å². The molecule has 0 aliphatic rings. The Bertz CT molecular complexity index is 820. The van der Waals surface area contributed by atoms with Crippen molar-refractivity contribution in [1.29, 1.82) is 0 Å². The first-order chi connectivity index (χ1) is 13.2. The molecule has 2 aromatic carbocycles. The second-order valence-corrected chi connectivity index (χ2v) is 7.23. The van der Waals surface area contributed by atoms with Crippen LogP contribution in [0.15, 0.2) is 42.5 Å². The second kappa shape index (κ2) is 9.55. The largest absolute Gasteiger partial charge is 0.497 e. The van der Waals surface area contributed by atoms with Crippen LogP contribution in [0.2, 0.25) is 5.02 Å². The molecule has 2 amide bonds. The number of carbonyl (C=O) groups is 2. The molecule has 5 nitrogen and oxygen atoms in total. The van der Waals surface area contributed by atoms with E-state index in [1.54, 1.807) is 44.5 Å². The molecule has 1 N–H and O–H groups in total. The molecular formula is C21H24ClFN2O3. The first kappa shape index (κ1) is 21.7. The maximum atomic E-state index is 14.0. The van der Waals surface area contributed by atoms with E-state index in [1.807, 2.05) is 13.8 Å². The number of carbonyl (C=O) groups excluding carboxylic acids is 2. The van der Waals surface area contributed by atoms with E-state index in [-0.39, 0.29) is 34.9 Å². The molecule has 0 aromatic heterocycles. The SMILES string of the molecule is COc1ccc(C(=O)NC(C(=O)N(C)Cc2c(F)cccc2Cl)C(C)C)cc1. The predicted octanol–water partition coefficient (Wildman–Crippen LogP) is 3.90. The van der Waals surface area contributed by atoms with Crippen molar-refractivity contribution in [3.63, 3.8) is 0 Å². The van der Waals surface area contributed by atoms with Gasteiger partial charge in [0.2, 0.25) is 5.91 Å². The summed E-state index contributed by atoms with van der Waals surface area (Å²) in [6.45, 7) is 3.67. The molecule has 150 valence electrons. The zero-order chi connectivity index (χ0) is 20.8. The highest BCUT2D eigenvalue weighted by atomic mass is 35.5. The Morgan fingerprint density at radius 3 is 2.36 bits per heavy atom. The van der Waals surface area contributed by atoms with Crippen LogP contribution in [0.5, 0.6) is 5.75 Å². The molecule has 0 aliphatic heterocycles. The highest BCUT2D eigenvalue weighted by Gasteiger charge is 2.28. The molecule has 0 spiro atoms. The average molecular weight is 407 g/mol. The van der Waals surface area contributed by atoms with Crippen LogP contribution >= 0.6 is 11.6 Å². The summed E-state index contributed by atoms with van der Waals surface area (Å²) in [5, 5.41) is 3.02. The van der Waals surface area contributed by atoms with Crippen molar-refractivity contribution >= 4 is 23.4 Å². The molecule has 7 heteroatoms. The number of likely N-dealkylation sites (N-methyl/N-ethyl adjacent to an activating group) is 1. The smallest absolute Gasteiger partial charge is 0.251 e. The molecule has 0 fully saturated rings.